The lowest BCUT2D eigenvalue weighted by Gasteiger charge is -2.14. The van der Waals surface area contributed by atoms with Crippen molar-refractivity contribution in [1.29, 1.82) is 0 Å². The molecule has 0 bridgehead atoms. The molecule has 2 aromatic rings. The van der Waals surface area contributed by atoms with Crippen LogP contribution in [0.3, 0.4) is 0 Å². The minimum atomic E-state index is -0.0312. The Morgan fingerprint density at radius 3 is 2.79 bits per heavy atom. The highest BCUT2D eigenvalue weighted by Gasteiger charge is 2.17. The van der Waals surface area contributed by atoms with Crippen LogP contribution in [0.5, 0.6) is 0 Å². The summed E-state index contributed by atoms with van der Waals surface area (Å²) in [6.45, 7) is 0. The number of H-pyrrole nitrogens is 1. The Balaban J connectivity index is 2.15. The van der Waals surface area contributed by atoms with Crippen LogP contribution in [-0.2, 0) is 12.8 Å². The van der Waals surface area contributed by atoms with Crippen molar-refractivity contribution in [1.82, 2.24) is 15.0 Å². The first-order valence-corrected chi connectivity index (χ1v) is 7.67. The minimum Gasteiger partial charge on any atom is -0.305 e. The number of nitrogens with one attached hydrogen (secondary N) is 1. The molecular weight excluding hydrogens is 374 g/mol. The van der Waals surface area contributed by atoms with Crippen molar-refractivity contribution >= 4 is 31.9 Å². The van der Waals surface area contributed by atoms with Gasteiger partial charge >= 0.3 is 0 Å². The molecule has 0 spiro atoms. The molecule has 0 atom stereocenters. The van der Waals surface area contributed by atoms with Gasteiger partial charge in [0, 0.05) is 20.7 Å². The average Bonchev–Trinajstić information content (AvgIpc) is 2.38. The first-order chi connectivity index (χ1) is 9.15. The summed E-state index contributed by atoms with van der Waals surface area (Å²) in [5.41, 5.74) is 2.38. The highest BCUT2D eigenvalue weighted by Crippen LogP contribution is 2.26. The molecule has 19 heavy (non-hydrogen) atoms. The summed E-state index contributed by atoms with van der Waals surface area (Å²) in [4.78, 5) is 23.8. The number of aromatic amines is 1. The van der Waals surface area contributed by atoms with Crippen molar-refractivity contribution in [3.05, 3.63) is 42.8 Å². The Morgan fingerprint density at radius 2 is 2.00 bits per heavy atom. The van der Waals surface area contributed by atoms with Crippen molar-refractivity contribution in [3.8, 4) is 11.5 Å². The normalized spacial score (nSPS) is 14.2. The Hall–Kier alpha value is -1.01. The van der Waals surface area contributed by atoms with Gasteiger partial charge in [0.1, 0.15) is 5.69 Å². The van der Waals surface area contributed by atoms with E-state index in [0.29, 0.717) is 11.5 Å². The Morgan fingerprint density at radius 1 is 1.21 bits per heavy atom. The molecule has 2 aromatic heterocycles. The zero-order valence-electron chi connectivity index (χ0n) is 10.0. The van der Waals surface area contributed by atoms with E-state index in [2.05, 4.69) is 46.8 Å². The number of hydrogen-bond donors (Lipinski definition) is 1. The molecule has 1 aliphatic carbocycles. The summed E-state index contributed by atoms with van der Waals surface area (Å²) in [5, 5.41) is 0. The fourth-order valence-corrected chi connectivity index (χ4v) is 3.48. The summed E-state index contributed by atoms with van der Waals surface area (Å²) >= 11 is 6.81. The second-order valence-electron chi connectivity index (χ2n) is 4.53. The van der Waals surface area contributed by atoms with Gasteiger partial charge in [-0.05, 0) is 63.6 Å². The van der Waals surface area contributed by atoms with Crippen molar-refractivity contribution < 1.29 is 0 Å². The first kappa shape index (κ1) is 13.0. The van der Waals surface area contributed by atoms with E-state index in [-0.39, 0.29) is 5.56 Å². The molecule has 98 valence electrons. The standard InChI is InChI=1S/C13H11Br2N3O/c14-7-5-9(15)11(16-6-7)12-17-10-4-2-1-3-8(10)13(19)18-12/h5-6H,1-4H2,(H,17,18,19). The monoisotopic (exact) mass is 383 g/mol. The van der Waals surface area contributed by atoms with E-state index in [1.54, 1.807) is 6.20 Å². The summed E-state index contributed by atoms with van der Waals surface area (Å²) in [6.07, 6.45) is 5.56. The van der Waals surface area contributed by atoms with Crippen molar-refractivity contribution in [2.45, 2.75) is 25.7 Å². The van der Waals surface area contributed by atoms with E-state index in [1.165, 1.54) is 0 Å². The first-order valence-electron chi connectivity index (χ1n) is 6.08. The molecule has 1 aliphatic rings. The van der Waals surface area contributed by atoms with E-state index >= 15 is 0 Å². The van der Waals surface area contributed by atoms with E-state index in [4.69, 9.17) is 0 Å². The molecule has 0 saturated heterocycles. The van der Waals surface area contributed by atoms with Gasteiger partial charge in [-0.1, -0.05) is 0 Å². The van der Waals surface area contributed by atoms with E-state index < -0.39 is 0 Å². The number of halogens is 2. The molecule has 0 amide bonds. The SMILES string of the molecule is O=c1[nH]c(-c2ncc(Br)cc2Br)nc2c1CCCC2. The van der Waals surface area contributed by atoms with Crippen LogP contribution in [0.2, 0.25) is 0 Å². The number of hydrogen-bond acceptors (Lipinski definition) is 3. The third-order valence-electron chi connectivity index (χ3n) is 3.22. The highest BCUT2D eigenvalue weighted by atomic mass is 79.9. The van der Waals surface area contributed by atoms with Crippen LogP contribution >= 0.6 is 31.9 Å². The Labute approximate surface area is 126 Å². The van der Waals surface area contributed by atoms with Gasteiger partial charge < -0.3 is 4.98 Å². The predicted molar refractivity (Wildman–Crippen MR) is 80.1 cm³/mol. The van der Waals surface area contributed by atoms with Gasteiger partial charge in [0.2, 0.25) is 0 Å². The van der Waals surface area contributed by atoms with E-state index in [1.807, 2.05) is 6.07 Å². The number of fused-ring (bicyclic) bond motifs is 1. The van der Waals surface area contributed by atoms with Crippen LogP contribution in [0, 0.1) is 0 Å². The third-order valence-corrected chi connectivity index (χ3v) is 4.26. The molecule has 0 radical (unpaired) electrons. The fourth-order valence-electron chi connectivity index (χ4n) is 2.30. The van der Waals surface area contributed by atoms with Crippen LogP contribution in [0.4, 0.5) is 0 Å². The third kappa shape index (κ3) is 2.51. The predicted octanol–water partition coefficient (Wildman–Crippen LogP) is 3.24. The maximum absolute atomic E-state index is 12.1. The summed E-state index contributed by atoms with van der Waals surface area (Å²) in [7, 11) is 0. The molecule has 6 heteroatoms. The number of aryl methyl sites for hydroxylation is 1. The summed E-state index contributed by atoms with van der Waals surface area (Å²) in [5.74, 6) is 0.532. The molecule has 0 unspecified atom stereocenters. The second kappa shape index (κ2) is 5.17. The van der Waals surface area contributed by atoms with Gasteiger partial charge in [0.25, 0.3) is 5.56 Å². The van der Waals surface area contributed by atoms with E-state index in [0.717, 1.165) is 45.9 Å². The van der Waals surface area contributed by atoms with Gasteiger partial charge in [-0.3, -0.25) is 9.78 Å². The van der Waals surface area contributed by atoms with Crippen molar-refractivity contribution in [2.24, 2.45) is 0 Å². The minimum absolute atomic E-state index is 0.0312. The zero-order chi connectivity index (χ0) is 13.4. The molecule has 3 rings (SSSR count). The van der Waals surface area contributed by atoms with Crippen molar-refractivity contribution in [2.75, 3.05) is 0 Å². The van der Waals surface area contributed by atoms with Crippen LogP contribution in [0.15, 0.2) is 26.0 Å². The van der Waals surface area contributed by atoms with E-state index in [9.17, 15) is 4.79 Å². The molecule has 0 aromatic carbocycles. The second-order valence-corrected chi connectivity index (χ2v) is 6.30. The average molecular weight is 385 g/mol. The van der Waals surface area contributed by atoms with Gasteiger partial charge in [-0.25, -0.2) is 4.98 Å². The quantitative estimate of drug-likeness (QED) is 0.820. The molecule has 0 aliphatic heterocycles. The van der Waals surface area contributed by atoms with Crippen LogP contribution in [0.1, 0.15) is 24.1 Å². The lowest BCUT2D eigenvalue weighted by Crippen LogP contribution is -2.21. The van der Waals surface area contributed by atoms with Gasteiger partial charge in [-0.2, -0.15) is 0 Å². The fraction of sp³-hybridized carbons (Fsp3) is 0.308. The topological polar surface area (TPSA) is 58.6 Å². The van der Waals surface area contributed by atoms with Crippen LogP contribution < -0.4 is 5.56 Å². The number of nitrogens with zero attached hydrogens (tertiary/aromatic N) is 2. The number of pyridine rings is 1. The molecule has 0 fully saturated rings. The van der Waals surface area contributed by atoms with Crippen LogP contribution in [0.25, 0.3) is 11.5 Å². The Bertz CT molecular complexity index is 697. The van der Waals surface area contributed by atoms with Gasteiger partial charge in [0.05, 0.1) is 5.69 Å². The molecule has 1 N–H and O–H groups in total. The Kier molecular flexibility index (Phi) is 3.54. The highest BCUT2D eigenvalue weighted by molar-refractivity contribution is 9.11. The van der Waals surface area contributed by atoms with Crippen molar-refractivity contribution in [3.63, 3.8) is 0 Å². The molecular formula is C13H11Br2N3O. The molecule has 0 saturated carbocycles. The lowest BCUT2D eigenvalue weighted by molar-refractivity contribution is 0.657. The lowest BCUT2D eigenvalue weighted by atomic mass is 9.97. The van der Waals surface area contributed by atoms with Gasteiger partial charge in [0.15, 0.2) is 5.82 Å². The maximum Gasteiger partial charge on any atom is 0.254 e. The number of aromatic nitrogens is 3. The van der Waals surface area contributed by atoms with Crippen LogP contribution in [-0.4, -0.2) is 15.0 Å². The molecule has 4 nitrogen and oxygen atoms in total. The smallest absolute Gasteiger partial charge is 0.254 e. The summed E-state index contributed by atoms with van der Waals surface area (Å²) in [6, 6.07) is 1.89. The molecule has 2 heterocycles. The maximum atomic E-state index is 12.1. The summed E-state index contributed by atoms with van der Waals surface area (Å²) < 4.78 is 1.68. The largest absolute Gasteiger partial charge is 0.305 e. The van der Waals surface area contributed by atoms with Gasteiger partial charge in [-0.15, -0.1) is 0 Å². The number of rotatable bonds is 1. The zero-order valence-corrected chi connectivity index (χ0v) is 13.2.